The van der Waals surface area contributed by atoms with Gasteiger partial charge in [-0.2, -0.15) is 0 Å². The second kappa shape index (κ2) is 2.72. The van der Waals surface area contributed by atoms with Gasteiger partial charge in [0.2, 0.25) is 5.79 Å². The fraction of sp³-hybridized carbons (Fsp3) is 0.300. The number of hydrogen-bond acceptors (Lipinski definition) is 4. The van der Waals surface area contributed by atoms with Gasteiger partial charge < -0.3 is 14.9 Å². The first kappa shape index (κ1) is 9.02. The highest BCUT2D eigenvalue weighted by molar-refractivity contribution is 5.95. The lowest BCUT2D eigenvalue weighted by atomic mass is 9.97. The van der Waals surface area contributed by atoms with E-state index in [1.54, 1.807) is 12.1 Å². The molecule has 0 aromatic heterocycles. The van der Waals surface area contributed by atoms with E-state index in [4.69, 9.17) is 4.74 Å². The zero-order chi connectivity index (χ0) is 10.3. The quantitative estimate of drug-likeness (QED) is 0.600. The predicted octanol–water partition coefficient (Wildman–Crippen LogP) is 0.814. The number of esters is 1. The van der Waals surface area contributed by atoms with Crippen molar-refractivity contribution in [3.05, 3.63) is 29.3 Å². The van der Waals surface area contributed by atoms with Crippen LogP contribution in [0.4, 0.5) is 0 Å². The Morgan fingerprint density at radius 3 is 2.93 bits per heavy atom. The molecule has 74 valence electrons. The van der Waals surface area contributed by atoms with Gasteiger partial charge in [0.1, 0.15) is 11.3 Å². The van der Waals surface area contributed by atoms with Crippen molar-refractivity contribution in [1.29, 1.82) is 0 Å². The highest BCUT2D eigenvalue weighted by Gasteiger charge is 2.35. The molecule has 1 aromatic carbocycles. The monoisotopic (exact) mass is 194 g/mol. The molecule has 4 heteroatoms. The molecule has 0 radical (unpaired) electrons. The third-order valence-corrected chi connectivity index (χ3v) is 2.16. The van der Waals surface area contributed by atoms with Gasteiger partial charge in [-0.05, 0) is 11.6 Å². The minimum Gasteiger partial charge on any atom is -0.507 e. The van der Waals surface area contributed by atoms with Crippen LogP contribution in [0.1, 0.15) is 22.8 Å². The van der Waals surface area contributed by atoms with Crippen LogP contribution in [-0.4, -0.2) is 22.0 Å². The Bertz CT molecular complexity index is 395. The first-order valence-corrected chi connectivity index (χ1v) is 4.26. The first-order valence-electron chi connectivity index (χ1n) is 4.26. The standard InChI is InChI=1S/C10H10O4/c1-10(13)5-6-3-2-4-7(11)8(6)9(12)14-10/h2-4,11,13H,5H2,1H3/t10-/m1/s1. The molecule has 0 unspecified atom stereocenters. The molecule has 0 fully saturated rings. The van der Waals surface area contributed by atoms with Crippen molar-refractivity contribution in [3.8, 4) is 5.75 Å². The van der Waals surface area contributed by atoms with Crippen molar-refractivity contribution >= 4 is 5.97 Å². The Kier molecular flexibility index (Phi) is 1.75. The molecular formula is C10H10O4. The average Bonchev–Trinajstić information content (AvgIpc) is 2.00. The minimum atomic E-state index is -1.47. The van der Waals surface area contributed by atoms with Crippen LogP contribution < -0.4 is 0 Å². The predicted molar refractivity (Wildman–Crippen MR) is 47.9 cm³/mol. The number of carbonyl (C=O) groups excluding carboxylic acids is 1. The van der Waals surface area contributed by atoms with E-state index in [0.29, 0.717) is 5.56 Å². The number of carbonyl (C=O) groups is 1. The maximum Gasteiger partial charge on any atom is 0.344 e. The van der Waals surface area contributed by atoms with Crippen LogP contribution in [0, 0.1) is 0 Å². The summed E-state index contributed by atoms with van der Waals surface area (Å²) in [6.07, 6.45) is 0.197. The summed E-state index contributed by atoms with van der Waals surface area (Å²) in [6, 6.07) is 4.73. The van der Waals surface area contributed by atoms with Gasteiger partial charge in [0, 0.05) is 13.3 Å². The summed E-state index contributed by atoms with van der Waals surface area (Å²) in [4.78, 5) is 11.4. The van der Waals surface area contributed by atoms with Crippen molar-refractivity contribution < 1.29 is 19.7 Å². The van der Waals surface area contributed by atoms with E-state index in [9.17, 15) is 15.0 Å². The Morgan fingerprint density at radius 2 is 2.21 bits per heavy atom. The number of rotatable bonds is 0. The third kappa shape index (κ3) is 1.33. The zero-order valence-corrected chi connectivity index (χ0v) is 7.65. The molecule has 4 nitrogen and oxygen atoms in total. The number of aliphatic hydroxyl groups is 1. The maximum absolute atomic E-state index is 11.4. The Balaban J connectivity index is 2.56. The minimum absolute atomic E-state index is 0.108. The van der Waals surface area contributed by atoms with Crippen molar-refractivity contribution in [2.45, 2.75) is 19.1 Å². The van der Waals surface area contributed by atoms with E-state index in [-0.39, 0.29) is 17.7 Å². The lowest BCUT2D eigenvalue weighted by molar-refractivity contribution is -0.154. The molecule has 1 heterocycles. The first-order chi connectivity index (χ1) is 6.49. The van der Waals surface area contributed by atoms with Crippen molar-refractivity contribution in [2.75, 3.05) is 0 Å². The third-order valence-electron chi connectivity index (χ3n) is 2.16. The van der Waals surface area contributed by atoms with Crippen LogP contribution in [0.15, 0.2) is 18.2 Å². The van der Waals surface area contributed by atoms with Crippen molar-refractivity contribution in [3.63, 3.8) is 0 Å². The summed E-state index contributed by atoms with van der Waals surface area (Å²) >= 11 is 0. The van der Waals surface area contributed by atoms with E-state index in [1.165, 1.54) is 13.0 Å². The van der Waals surface area contributed by atoms with E-state index >= 15 is 0 Å². The van der Waals surface area contributed by atoms with Crippen LogP contribution in [0.3, 0.4) is 0 Å². The van der Waals surface area contributed by atoms with Crippen molar-refractivity contribution in [1.82, 2.24) is 0 Å². The van der Waals surface area contributed by atoms with Gasteiger partial charge in [-0.3, -0.25) is 0 Å². The van der Waals surface area contributed by atoms with E-state index < -0.39 is 11.8 Å². The summed E-state index contributed by atoms with van der Waals surface area (Å²) in [6.45, 7) is 1.41. The lowest BCUT2D eigenvalue weighted by Crippen LogP contribution is -2.38. The Morgan fingerprint density at radius 1 is 1.50 bits per heavy atom. The fourth-order valence-corrected chi connectivity index (χ4v) is 1.61. The number of benzene rings is 1. The van der Waals surface area contributed by atoms with Crippen LogP contribution in [0.5, 0.6) is 5.75 Å². The molecule has 0 amide bonds. The summed E-state index contributed by atoms with van der Waals surface area (Å²) < 4.78 is 4.74. The molecule has 1 aromatic rings. The normalized spacial score (nSPS) is 25.4. The molecule has 14 heavy (non-hydrogen) atoms. The molecule has 0 saturated heterocycles. The maximum atomic E-state index is 11.4. The van der Waals surface area contributed by atoms with Gasteiger partial charge in [-0.1, -0.05) is 12.1 Å². The summed E-state index contributed by atoms with van der Waals surface area (Å²) in [7, 11) is 0. The highest BCUT2D eigenvalue weighted by atomic mass is 16.7. The van der Waals surface area contributed by atoms with Gasteiger partial charge in [0.25, 0.3) is 0 Å². The number of aromatic hydroxyl groups is 1. The van der Waals surface area contributed by atoms with Gasteiger partial charge in [0.15, 0.2) is 0 Å². The second-order valence-corrected chi connectivity index (χ2v) is 3.55. The lowest BCUT2D eigenvalue weighted by Gasteiger charge is -2.29. The van der Waals surface area contributed by atoms with Crippen LogP contribution in [0.25, 0.3) is 0 Å². The summed E-state index contributed by atoms with van der Waals surface area (Å²) in [5, 5.41) is 19.0. The van der Waals surface area contributed by atoms with Gasteiger partial charge in [-0.25, -0.2) is 4.79 Å². The molecule has 2 N–H and O–H groups in total. The van der Waals surface area contributed by atoms with E-state index in [1.807, 2.05) is 0 Å². The van der Waals surface area contributed by atoms with Crippen LogP contribution >= 0.6 is 0 Å². The van der Waals surface area contributed by atoms with Gasteiger partial charge in [-0.15, -0.1) is 0 Å². The summed E-state index contributed by atoms with van der Waals surface area (Å²) in [5.74, 6) is -2.27. The topological polar surface area (TPSA) is 66.8 Å². The highest BCUT2D eigenvalue weighted by Crippen LogP contribution is 2.31. The summed E-state index contributed by atoms with van der Waals surface area (Å²) in [5.41, 5.74) is 0.755. The van der Waals surface area contributed by atoms with Crippen LogP contribution in [0.2, 0.25) is 0 Å². The molecule has 0 bridgehead atoms. The molecule has 1 aliphatic rings. The fourth-order valence-electron chi connectivity index (χ4n) is 1.61. The van der Waals surface area contributed by atoms with E-state index in [2.05, 4.69) is 0 Å². The zero-order valence-electron chi connectivity index (χ0n) is 7.65. The Labute approximate surface area is 80.7 Å². The Hall–Kier alpha value is -1.55. The number of phenolic OH excluding ortho intramolecular Hbond substituents is 1. The number of ether oxygens (including phenoxy) is 1. The number of fused-ring (bicyclic) bond motifs is 1. The number of hydrogen-bond donors (Lipinski definition) is 2. The van der Waals surface area contributed by atoms with Crippen molar-refractivity contribution in [2.24, 2.45) is 0 Å². The van der Waals surface area contributed by atoms with Crippen LogP contribution in [-0.2, 0) is 11.2 Å². The molecule has 0 spiro atoms. The number of phenols is 1. The second-order valence-electron chi connectivity index (χ2n) is 3.55. The molecular weight excluding hydrogens is 184 g/mol. The van der Waals surface area contributed by atoms with E-state index in [0.717, 1.165) is 0 Å². The molecule has 0 aliphatic carbocycles. The SMILES string of the molecule is C[C@]1(O)Cc2cccc(O)c2C(=O)O1. The smallest absolute Gasteiger partial charge is 0.344 e. The van der Waals surface area contributed by atoms with Gasteiger partial charge >= 0.3 is 5.97 Å². The largest absolute Gasteiger partial charge is 0.507 e. The molecule has 1 atom stereocenters. The number of cyclic esters (lactones) is 1. The molecule has 1 aliphatic heterocycles. The average molecular weight is 194 g/mol. The van der Waals surface area contributed by atoms with Gasteiger partial charge in [0.05, 0.1) is 0 Å². The molecule has 0 saturated carbocycles. The molecule has 2 rings (SSSR count).